The fraction of sp³-hybridized carbons (Fsp3) is 0.533. The number of benzene rings is 1. The number of nitrogens with two attached hydrogens (primary N) is 1. The summed E-state index contributed by atoms with van der Waals surface area (Å²) in [5.74, 6) is -0.0888. The van der Waals surface area contributed by atoms with E-state index in [4.69, 9.17) is 5.73 Å². The number of rotatable bonds is 4. The van der Waals surface area contributed by atoms with Gasteiger partial charge in [0.05, 0.1) is 22.5 Å². The lowest BCUT2D eigenvalue weighted by atomic mass is 9.85. The molecule has 0 heterocycles. The zero-order valence-electron chi connectivity index (χ0n) is 13.1. The van der Waals surface area contributed by atoms with Crippen molar-refractivity contribution in [1.82, 2.24) is 4.90 Å². The van der Waals surface area contributed by atoms with Crippen LogP contribution in [0.25, 0.3) is 0 Å². The topological polar surface area (TPSA) is 78.6 Å². The van der Waals surface area contributed by atoms with Crippen molar-refractivity contribution in [2.45, 2.75) is 38.8 Å². The predicted molar refractivity (Wildman–Crippen MR) is 82.9 cm³/mol. The Kier molecular flexibility index (Phi) is 4.34. The van der Waals surface area contributed by atoms with Gasteiger partial charge in [0.1, 0.15) is 0 Å². The molecule has 1 aromatic carbocycles. The first-order valence-electron chi connectivity index (χ1n) is 6.57. The van der Waals surface area contributed by atoms with E-state index in [9.17, 15) is 9.90 Å². The van der Waals surface area contributed by atoms with Crippen molar-refractivity contribution in [2.75, 3.05) is 25.1 Å². The number of carbonyl (C=O) groups is 1. The molecule has 0 spiro atoms. The Balaban J connectivity index is 3.13. The van der Waals surface area contributed by atoms with Gasteiger partial charge in [-0.1, -0.05) is 0 Å². The average Bonchev–Trinajstić information content (AvgIpc) is 2.29. The molecular weight excluding hydrogens is 254 g/mol. The van der Waals surface area contributed by atoms with Crippen LogP contribution < -0.4 is 11.1 Å². The van der Waals surface area contributed by atoms with Crippen LogP contribution in [0.2, 0.25) is 0 Å². The Labute approximate surface area is 120 Å². The highest BCUT2D eigenvalue weighted by atomic mass is 16.3. The number of aliphatic hydroxyl groups is 1. The van der Waals surface area contributed by atoms with Gasteiger partial charge in [-0.25, -0.2) is 0 Å². The molecule has 0 aromatic heterocycles. The van der Waals surface area contributed by atoms with Crippen LogP contribution in [0.5, 0.6) is 0 Å². The van der Waals surface area contributed by atoms with Crippen LogP contribution in [-0.2, 0) is 0 Å². The molecule has 1 rings (SSSR count). The summed E-state index contributed by atoms with van der Waals surface area (Å²) in [4.78, 5) is 13.5. The predicted octanol–water partition coefficient (Wildman–Crippen LogP) is 1.93. The number of anilines is 2. The van der Waals surface area contributed by atoms with Crippen LogP contribution in [0.3, 0.4) is 0 Å². The first-order chi connectivity index (χ1) is 8.95. The molecule has 0 saturated heterocycles. The van der Waals surface area contributed by atoms with Gasteiger partial charge in [-0.3, -0.25) is 4.79 Å². The monoisotopic (exact) mass is 279 g/mol. The number of amides is 1. The maximum atomic E-state index is 12.0. The van der Waals surface area contributed by atoms with E-state index in [1.807, 2.05) is 13.8 Å². The number of nitrogens with zero attached hydrogens (tertiary/aromatic N) is 1. The van der Waals surface area contributed by atoms with E-state index < -0.39 is 11.1 Å². The summed E-state index contributed by atoms with van der Waals surface area (Å²) in [6, 6.07) is 5.10. The van der Waals surface area contributed by atoms with Crippen LogP contribution in [-0.4, -0.2) is 41.1 Å². The summed E-state index contributed by atoms with van der Waals surface area (Å²) < 4.78 is 0. The minimum Gasteiger partial charge on any atom is -0.397 e. The third-order valence-corrected chi connectivity index (χ3v) is 3.68. The second-order valence-electron chi connectivity index (χ2n) is 6.31. The van der Waals surface area contributed by atoms with Crippen LogP contribution in [0.15, 0.2) is 18.2 Å². The summed E-state index contributed by atoms with van der Waals surface area (Å²) in [6.07, 6.45) is 0. The molecule has 0 fully saturated rings. The lowest BCUT2D eigenvalue weighted by Gasteiger charge is -2.39. The lowest BCUT2D eigenvalue weighted by molar-refractivity contribution is 0.0241. The Hall–Kier alpha value is -1.75. The van der Waals surface area contributed by atoms with E-state index in [1.165, 1.54) is 4.90 Å². The van der Waals surface area contributed by atoms with E-state index in [1.54, 1.807) is 46.1 Å². The SMILES string of the molecule is CN(C)C(=O)c1ccc(N)c(NC(C)(C)C(C)(C)O)c1. The van der Waals surface area contributed by atoms with Gasteiger partial charge in [-0.15, -0.1) is 0 Å². The number of hydrogen-bond donors (Lipinski definition) is 3. The van der Waals surface area contributed by atoms with Gasteiger partial charge in [0.25, 0.3) is 5.91 Å². The minimum atomic E-state index is -0.943. The van der Waals surface area contributed by atoms with Crippen molar-refractivity contribution < 1.29 is 9.90 Å². The van der Waals surface area contributed by atoms with Gasteiger partial charge in [0, 0.05) is 19.7 Å². The van der Waals surface area contributed by atoms with Gasteiger partial charge in [0.15, 0.2) is 0 Å². The van der Waals surface area contributed by atoms with Crippen LogP contribution in [0, 0.1) is 0 Å². The highest BCUT2D eigenvalue weighted by molar-refractivity contribution is 5.96. The van der Waals surface area contributed by atoms with Crippen molar-refractivity contribution in [3.05, 3.63) is 23.8 Å². The Morgan fingerprint density at radius 3 is 2.25 bits per heavy atom. The Morgan fingerprint density at radius 1 is 1.25 bits per heavy atom. The van der Waals surface area contributed by atoms with Crippen molar-refractivity contribution >= 4 is 17.3 Å². The lowest BCUT2D eigenvalue weighted by Crippen LogP contribution is -2.51. The van der Waals surface area contributed by atoms with E-state index in [-0.39, 0.29) is 5.91 Å². The first kappa shape index (κ1) is 16.3. The van der Waals surface area contributed by atoms with Crippen molar-refractivity contribution in [1.29, 1.82) is 0 Å². The molecule has 0 radical (unpaired) electrons. The maximum absolute atomic E-state index is 12.0. The summed E-state index contributed by atoms with van der Waals surface area (Å²) in [5, 5.41) is 13.4. The average molecular weight is 279 g/mol. The molecule has 20 heavy (non-hydrogen) atoms. The van der Waals surface area contributed by atoms with Gasteiger partial charge in [-0.05, 0) is 45.9 Å². The van der Waals surface area contributed by atoms with Crippen LogP contribution in [0.4, 0.5) is 11.4 Å². The normalized spacial score (nSPS) is 12.2. The van der Waals surface area contributed by atoms with Gasteiger partial charge >= 0.3 is 0 Å². The second-order valence-corrected chi connectivity index (χ2v) is 6.31. The van der Waals surface area contributed by atoms with Gasteiger partial charge < -0.3 is 21.1 Å². The van der Waals surface area contributed by atoms with Crippen molar-refractivity contribution in [3.63, 3.8) is 0 Å². The molecule has 0 saturated carbocycles. The van der Waals surface area contributed by atoms with E-state index in [2.05, 4.69) is 5.32 Å². The summed E-state index contributed by atoms with van der Waals surface area (Å²) in [6.45, 7) is 7.22. The molecule has 112 valence electrons. The van der Waals surface area contributed by atoms with E-state index >= 15 is 0 Å². The number of nitrogens with one attached hydrogen (secondary N) is 1. The second kappa shape index (κ2) is 5.32. The quantitative estimate of drug-likeness (QED) is 0.736. The summed E-state index contributed by atoms with van der Waals surface area (Å²) in [5.41, 5.74) is 6.14. The van der Waals surface area contributed by atoms with Gasteiger partial charge in [-0.2, -0.15) is 0 Å². The third kappa shape index (κ3) is 3.42. The summed E-state index contributed by atoms with van der Waals surface area (Å²) >= 11 is 0. The van der Waals surface area contributed by atoms with Crippen molar-refractivity contribution in [2.24, 2.45) is 0 Å². The fourth-order valence-electron chi connectivity index (χ4n) is 1.55. The summed E-state index contributed by atoms with van der Waals surface area (Å²) in [7, 11) is 3.40. The molecule has 4 N–H and O–H groups in total. The van der Waals surface area contributed by atoms with Gasteiger partial charge in [0.2, 0.25) is 0 Å². The minimum absolute atomic E-state index is 0.0888. The number of nitrogen functional groups attached to an aromatic ring is 1. The highest BCUT2D eigenvalue weighted by Crippen LogP contribution is 2.29. The molecule has 0 unspecified atom stereocenters. The van der Waals surface area contributed by atoms with Crippen LogP contribution in [0.1, 0.15) is 38.1 Å². The molecule has 0 aliphatic carbocycles. The first-order valence-corrected chi connectivity index (χ1v) is 6.57. The van der Waals surface area contributed by atoms with E-state index in [0.717, 1.165) is 0 Å². The molecule has 5 heteroatoms. The smallest absolute Gasteiger partial charge is 0.253 e. The maximum Gasteiger partial charge on any atom is 0.253 e. The molecule has 0 aliphatic rings. The standard InChI is InChI=1S/C15H25N3O2/c1-14(2,15(3,4)20)17-12-9-10(7-8-11(12)16)13(19)18(5)6/h7-9,17,20H,16H2,1-6H3. The highest BCUT2D eigenvalue weighted by Gasteiger charge is 2.35. The molecule has 1 aromatic rings. The third-order valence-electron chi connectivity index (χ3n) is 3.68. The largest absolute Gasteiger partial charge is 0.397 e. The zero-order valence-corrected chi connectivity index (χ0v) is 13.1. The fourth-order valence-corrected chi connectivity index (χ4v) is 1.55. The molecule has 0 aliphatic heterocycles. The molecule has 0 bridgehead atoms. The molecule has 5 nitrogen and oxygen atoms in total. The molecule has 1 amide bonds. The Morgan fingerprint density at radius 2 is 1.80 bits per heavy atom. The van der Waals surface area contributed by atoms with Crippen molar-refractivity contribution in [3.8, 4) is 0 Å². The zero-order chi connectivity index (χ0) is 15.7. The number of carbonyl (C=O) groups excluding carboxylic acids is 1. The molecular formula is C15H25N3O2. The van der Waals surface area contributed by atoms with E-state index in [0.29, 0.717) is 16.9 Å². The number of hydrogen-bond acceptors (Lipinski definition) is 4. The molecule has 0 atom stereocenters. The van der Waals surface area contributed by atoms with Crippen LogP contribution >= 0.6 is 0 Å². The Bertz CT molecular complexity index is 502.